The lowest BCUT2D eigenvalue weighted by Gasteiger charge is -2.01. The van der Waals surface area contributed by atoms with Crippen molar-refractivity contribution in [3.63, 3.8) is 0 Å². The molecular formula is C15H28N2. The van der Waals surface area contributed by atoms with Gasteiger partial charge in [-0.25, -0.2) is 4.98 Å². The van der Waals surface area contributed by atoms with Gasteiger partial charge < -0.3 is 4.98 Å². The lowest BCUT2D eigenvalue weighted by molar-refractivity contribution is 0.562. The largest absolute Gasteiger partial charge is 0.346 e. The molecule has 0 aliphatic carbocycles. The van der Waals surface area contributed by atoms with Gasteiger partial charge in [0, 0.05) is 18.3 Å². The molecule has 1 N–H and O–H groups in total. The van der Waals surface area contributed by atoms with Crippen LogP contribution < -0.4 is 0 Å². The number of hydrogen-bond acceptors (Lipinski definition) is 1. The van der Waals surface area contributed by atoms with Gasteiger partial charge >= 0.3 is 0 Å². The number of aromatic amines is 1. The van der Waals surface area contributed by atoms with Crippen LogP contribution in [0.25, 0.3) is 0 Å². The van der Waals surface area contributed by atoms with Crippen LogP contribution >= 0.6 is 0 Å². The number of imidazole rings is 1. The fourth-order valence-corrected chi connectivity index (χ4v) is 2.20. The summed E-state index contributed by atoms with van der Waals surface area (Å²) >= 11 is 0. The van der Waals surface area contributed by atoms with Crippen LogP contribution in [0.4, 0.5) is 0 Å². The summed E-state index contributed by atoms with van der Waals surface area (Å²) < 4.78 is 0. The van der Waals surface area contributed by atoms with Crippen LogP contribution in [0.15, 0.2) is 6.20 Å². The third kappa shape index (κ3) is 7.19. The number of aromatic nitrogens is 2. The molecule has 0 aromatic carbocycles. The van der Waals surface area contributed by atoms with Crippen molar-refractivity contribution in [3.8, 4) is 0 Å². The Labute approximate surface area is 106 Å². The summed E-state index contributed by atoms with van der Waals surface area (Å²) in [5.41, 5.74) is 1.18. The average Bonchev–Trinajstić information content (AvgIpc) is 2.73. The lowest BCUT2D eigenvalue weighted by Crippen LogP contribution is -1.89. The van der Waals surface area contributed by atoms with Crippen molar-refractivity contribution >= 4 is 0 Å². The second-order valence-electron chi connectivity index (χ2n) is 5.09. The highest BCUT2D eigenvalue weighted by molar-refractivity contribution is 4.98. The smallest absolute Gasteiger partial charge is 0.106 e. The fraction of sp³-hybridized carbons (Fsp3) is 0.800. The van der Waals surface area contributed by atoms with Gasteiger partial charge in [0.15, 0.2) is 0 Å². The van der Waals surface area contributed by atoms with Crippen molar-refractivity contribution in [2.24, 2.45) is 0 Å². The molecule has 1 aromatic heterocycles. The molecule has 0 amide bonds. The Morgan fingerprint density at radius 3 is 2.06 bits per heavy atom. The second-order valence-corrected chi connectivity index (χ2v) is 5.09. The van der Waals surface area contributed by atoms with Crippen molar-refractivity contribution < 1.29 is 0 Å². The highest BCUT2D eigenvalue weighted by Gasteiger charge is 1.97. The van der Waals surface area contributed by atoms with Crippen LogP contribution in [-0.2, 0) is 6.42 Å². The zero-order valence-corrected chi connectivity index (χ0v) is 11.6. The second kappa shape index (κ2) is 9.26. The van der Waals surface area contributed by atoms with Gasteiger partial charge in [0.05, 0.1) is 0 Å². The number of unbranched alkanes of at least 4 members (excludes halogenated alkanes) is 8. The molecule has 0 radical (unpaired) electrons. The van der Waals surface area contributed by atoms with E-state index in [1.165, 1.54) is 63.5 Å². The Balaban J connectivity index is 1.84. The maximum absolute atomic E-state index is 4.33. The van der Waals surface area contributed by atoms with Crippen LogP contribution in [0.1, 0.15) is 76.2 Å². The Morgan fingerprint density at radius 2 is 1.53 bits per heavy atom. The molecule has 0 saturated heterocycles. The van der Waals surface area contributed by atoms with Crippen molar-refractivity contribution in [3.05, 3.63) is 17.7 Å². The predicted molar refractivity (Wildman–Crippen MR) is 74.3 cm³/mol. The number of rotatable bonds is 10. The van der Waals surface area contributed by atoms with Gasteiger partial charge in [-0.05, 0) is 13.3 Å². The summed E-state index contributed by atoms with van der Waals surface area (Å²) in [6, 6.07) is 0. The van der Waals surface area contributed by atoms with Gasteiger partial charge in [-0.15, -0.1) is 0 Å². The zero-order valence-electron chi connectivity index (χ0n) is 11.6. The van der Waals surface area contributed by atoms with Crippen LogP contribution in [0.5, 0.6) is 0 Å². The standard InChI is InChI=1S/C15H28N2/c1-3-4-5-6-7-8-9-10-11-12-15-16-13-14(2)17-15/h13H,3-12H2,1-2H3,(H,16,17). The first-order valence-electron chi connectivity index (χ1n) is 7.33. The quantitative estimate of drug-likeness (QED) is 0.581. The molecule has 98 valence electrons. The minimum absolute atomic E-state index is 1.11. The molecule has 1 aromatic rings. The van der Waals surface area contributed by atoms with Crippen LogP contribution in [0.2, 0.25) is 0 Å². The van der Waals surface area contributed by atoms with E-state index in [0.717, 1.165) is 12.2 Å². The molecule has 17 heavy (non-hydrogen) atoms. The first-order valence-corrected chi connectivity index (χ1v) is 7.33. The van der Waals surface area contributed by atoms with E-state index >= 15 is 0 Å². The van der Waals surface area contributed by atoms with Gasteiger partial charge in [-0.2, -0.15) is 0 Å². The fourth-order valence-electron chi connectivity index (χ4n) is 2.20. The van der Waals surface area contributed by atoms with E-state index in [4.69, 9.17) is 0 Å². The molecule has 2 heteroatoms. The van der Waals surface area contributed by atoms with E-state index < -0.39 is 0 Å². The van der Waals surface area contributed by atoms with E-state index in [1.807, 2.05) is 6.20 Å². The molecule has 0 saturated carbocycles. The van der Waals surface area contributed by atoms with Gasteiger partial charge in [0.1, 0.15) is 5.82 Å². The van der Waals surface area contributed by atoms with Crippen molar-refractivity contribution in [1.82, 2.24) is 9.97 Å². The minimum atomic E-state index is 1.11. The van der Waals surface area contributed by atoms with E-state index in [0.29, 0.717) is 0 Å². The van der Waals surface area contributed by atoms with Gasteiger partial charge in [-0.3, -0.25) is 0 Å². The minimum Gasteiger partial charge on any atom is -0.346 e. The average molecular weight is 236 g/mol. The monoisotopic (exact) mass is 236 g/mol. The van der Waals surface area contributed by atoms with E-state index in [9.17, 15) is 0 Å². The first kappa shape index (κ1) is 14.3. The summed E-state index contributed by atoms with van der Waals surface area (Å²) in [4.78, 5) is 7.62. The summed E-state index contributed by atoms with van der Waals surface area (Å²) in [6.07, 6.45) is 15.5. The highest BCUT2D eigenvalue weighted by Crippen LogP contribution is 2.10. The van der Waals surface area contributed by atoms with Crippen LogP contribution in [-0.4, -0.2) is 9.97 Å². The molecule has 0 bridgehead atoms. The molecule has 0 unspecified atom stereocenters. The highest BCUT2D eigenvalue weighted by atomic mass is 14.9. The molecule has 0 fully saturated rings. The Hall–Kier alpha value is -0.790. The predicted octanol–water partition coefficient (Wildman–Crippen LogP) is 4.79. The molecule has 0 aliphatic heterocycles. The first-order chi connectivity index (χ1) is 8.33. The zero-order chi connectivity index (χ0) is 12.3. The lowest BCUT2D eigenvalue weighted by atomic mass is 10.1. The van der Waals surface area contributed by atoms with Gasteiger partial charge in [-0.1, -0.05) is 58.3 Å². The maximum atomic E-state index is 4.33. The third-order valence-electron chi connectivity index (χ3n) is 3.27. The van der Waals surface area contributed by atoms with E-state index in [1.54, 1.807) is 0 Å². The third-order valence-corrected chi connectivity index (χ3v) is 3.27. The molecule has 0 spiro atoms. The maximum Gasteiger partial charge on any atom is 0.106 e. The van der Waals surface area contributed by atoms with Crippen LogP contribution in [0, 0.1) is 6.92 Å². The molecule has 1 heterocycles. The summed E-state index contributed by atoms with van der Waals surface area (Å²) in [5, 5.41) is 0. The molecule has 0 atom stereocenters. The van der Waals surface area contributed by atoms with Crippen molar-refractivity contribution in [1.29, 1.82) is 0 Å². The molecule has 0 aliphatic rings. The van der Waals surface area contributed by atoms with Crippen molar-refractivity contribution in [2.45, 2.75) is 78.1 Å². The molecule has 1 rings (SSSR count). The Kier molecular flexibility index (Phi) is 7.78. The molecule has 2 nitrogen and oxygen atoms in total. The van der Waals surface area contributed by atoms with Crippen LogP contribution in [0.3, 0.4) is 0 Å². The molecular weight excluding hydrogens is 208 g/mol. The SMILES string of the molecule is CCCCCCCCCCCc1ncc(C)[nH]1. The number of hydrogen-bond donors (Lipinski definition) is 1. The summed E-state index contributed by atoms with van der Waals surface area (Å²) in [5.74, 6) is 1.16. The normalized spacial score (nSPS) is 10.9. The topological polar surface area (TPSA) is 28.7 Å². The summed E-state index contributed by atoms with van der Waals surface area (Å²) in [6.45, 7) is 4.34. The van der Waals surface area contributed by atoms with E-state index in [2.05, 4.69) is 23.8 Å². The van der Waals surface area contributed by atoms with Crippen molar-refractivity contribution in [2.75, 3.05) is 0 Å². The number of nitrogens with zero attached hydrogens (tertiary/aromatic N) is 1. The number of H-pyrrole nitrogens is 1. The number of aryl methyl sites for hydroxylation is 2. The van der Waals surface area contributed by atoms with Gasteiger partial charge in [0.25, 0.3) is 0 Å². The van der Waals surface area contributed by atoms with Gasteiger partial charge in [0.2, 0.25) is 0 Å². The summed E-state index contributed by atoms with van der Waals surface area (Å²) in [7, 11) is 0. The number of nitrogens with one attached hydrogen (secondary N) is 1. The van der Waals surface area contributed by atoms with E-state index in [-0.39, 0.29) is 0 Å². The Bertz CT molecular complexity index is 278. The Morgan fingerprint density at radius 1 is 0.941 bits per heavy atom.